The molecule has 0 atom stereocenters. The van der Waals surface area contributed by atoms with Crippen molar-refractivity contribution in [2.24, 2.45) is 0 Å². The Hall–Kier alpha value is -3.48. The van der Waals surface area contributed by atoms with Crippen molar-refractivity contribution < 1.29 is 4.79 Å². The van der Waals surface area contributed by atoms with Gasteiger partial charge in [-0.15, -0.1) is 0 Å². The van der Waals surface area contributed by atoms with Gasteiger partial charge in [-0.3, -0.25) is 9.48 Å². The van der Waals surface area contributed by atoms with Crippen LogP contribution in [0.3, 0.4) is 0 Å². The van der Waals surface area contributed by atoms with E-state index in [9.17, 15) is 4.79 Å². The molecule has 0 fully saturated rings. The third kappa shape index (κ3) is 3.31. The molecule has 0 saturated carbocycles. The van der Waals surface area contributed by atoms with Crippen LogP contribution in [-0.4, -0.2) is 30.3 Å². The van der Waals surface area contributed by atoms with E-state index in [-0.39, 0.29) is 5.91 Å². The maximum atomic E-state index is 12.6. The molecule has 0 radical (unpaired) electrons. The maximum absolute atomic E-state index is 12.6. The molecule has 0 aliphatic carbocycles. The number of nitrogens with zero attached hydrogens (tertiary/aromatic N) is 5. The molecule has 136 valence electrons. The molecule has 7 heteroatoms. The molecule has 4 aromatic rings. The van der Waals surface area contributed by atoms with E-state index in [1.54, 1.807) is 16.9 Å². The van der Waals surface area contributed by atoms with Crippen LogP contribution in [0, 0.1) is 6.92 Å². The average Bonchev–Trinajstić information content (AvgIpc) is 3.33. The van der Waals surface area contributed by atoms with Crippen LogP contribution in [0.15, 0.2) is 55.0 Å². The summed E-state index contributed by atoms with van der Waals surface area (Å²) in [6.07, 6.45) is 5.15. The number of rotatable bonds is 5. The van der Waals surface area contributed by atoms with Crippen LogP contribution in [0.4, 0.5) is 0 Å². The van der Waals surface area contributed by atoms with Crippen molar-refractivity contribution in [2.75, 3.05) is 0 Å². The Morgan fingerprint density at radius 1 is 1.15 bits per heavy atom. The topological polar surface area (TPSA) is 77.1 Å². The first-order valence-electron chi connectivity index (χ1n) is 8.86. The van der Waals surface area contributed by atoms with Crippen molar-refractivity contribution in [3.63, 3.8) is 0 Å². The highest BCUT2D eigenvalue weighted by Gasteiger charge is 2.16. The number of aryl methyl sites for hydroxylation is 2. The lowest BCUT2D eigenvalue weighted by Crippen LogP contribution is -2.23. The van der Waals surface area contributed by atoms with Crippen LogP contribution in [0.1, 0.15) is 28.5 Å². The summed E-state index contributed by atoms with van der Waals surface area (Å²) in [4.78, 5) is 17.0. The molecule has 7 nitrogen and oxygen atoms in total. The van der Waals surface area contributed by atoms with Gasteiger partial charge in [0.2, 0.25) is 0 Å². The first-order chi connectivity index (χ1) is 13.2. The molecular weight excluding hydrogens is 340 g/mol. The fourth-order valence-corrected chi connectivity index (χ4v) is 2.93. The van der Waals surface area contributed by atoms with Crippen LogP contribution >= 0.6 is 0 Å². The Labute approximate surface area is 156 Å². The monoisotopic (exact) mass is 360 g/mol. The summed E-state index contributed by atoms with van der Waals surface area (Å²) in [7, 11) is 0. The number of carbonyl (C=O) groups excluding carboxylic acids is 1. The molecule has 1 N–H and O–H groups in total. The van der Waals surface area contributed by atoms with Gasteiger partial charge in [-0.2, -0.15) is 10.2 Å². The van der Waals surface area contributed by atoms with Gasteiger partial charge < -0.3 is 5.32 Å². The molecular formula is C20H20N6O. The number of nitrogens with one attached hydrogen (secondary N) is 1. The highest BCUT2D eigenvalue weighted by atomic mass is 16.1. The normalized spacial score (nSPS) is 11.0. The molecule has 0 unspecified atom stereocenters. The van der Waals surface area contributed by atoms with Gasteiger partial charge in [0, 0.05) is 24.5 Å². The summed E-state index contributed by atoms with van der Waals surface area (Å²) in [5, 5.41) is 11.6. The predicted molar refractivity (Wildman–Crippen MR) is 102 cm³/mol. The minimum Gasteiger partial charge on any atom is -0.346 e. The third-order valence-electron chi connectivity index (χ3n) is 4.44. The van der Waals surface area contributed by atoms with E-state index in [4.69, 9.17) is 0 Å². The van der Waals surface area contributed by atoms with E-state index >= 15 is 0 Å². The lowest BCUT2D eigenvalue weighted by Gasteiger charge is -2.06. The van der Waals surface area contributed by atoms with Gasteiger partial charge in [-0.25, -0.2) is 9.50 Å². The first-order valence-corrected chi connectivity index (χ1v) is 8.86. The van der Waals surface area contributed by atoms with E-state index < -0.39 is 0 Å². The fraction of sp³-hybridized carbons (Fsp3) is 0.200. The van der Waals surface area contributed by atoms with Crippen molar-refractivity contribution in [2.45, 2.75) is 26.9 Å². The molecule has 0 bridgehead atoms. The van der Waals surface area contributed by atoms with Crippen molar-refractivity contribution in [3.05, 3.63) is 71.8 Å². The predicted octanol–water partition coefficient (Wildman–Crippen LogP) is 2.85. The van der Waals surface area contributed by atoms with Crippen LogP contribution < -0.4 is 5.32 Å². The molecule has 3 heterocycles. The van der Waals surface area contributed by atoms with Crippen molar-refractivity contribution in [1.82, 2.24) is 29.7 Å². The van der Waals surface area contributed by atoms with Crippen LogP contribution in [0.5, 0.6) is 0 Å². The lowest BCUT2D eigenvalue weighted by molar-refractivity contribution is 0.0952. The van der Waals surface area contributed by atoms with E-state index in [1.807, 2.05) is 61.1 Å². The summed E-state index contributed by atoms with van der Waals surface area (Å²) < 4.78 is 3.53. The number of amides is 1. The third-order valence-corrected chi connectivity index (χ3v) is 4.44. The van der Waals surface area contributed by atoms with E-state index in [1.165, 1.54) is 5.56 Å². The van der Waals surface area contributed by atoms with Gasteiger partial charge in [0.25, 0.3) is 5.91 Å². The Kier molecular flexibility index (Phi) is 4.42. The Morgan fingerprint density at radius 3 is 2.70 bits per heavy atom. The Bertz CT molecular complexity index is 1090. The summed E-state index contributed by atoms with van der Waals surface area (Å²) in [5.41, 5.74) is 4.89. The molecule has 4 rings (SSSR count). The second-order valence-corrected chi connectivity index (χ2v) is 6.34. The second-order valence-electron chi connectivity index (χ2n) is 6.34. The average molecular weight is 360 g/mol. The quantitative estimate of drug-likeness (QED) is 0.594. The minimum atomic E-state index is -0.218. The van der Waals surface area contributed by atoms with Crippen molar-refractivity contribution in [1.29, 1.82) is 0 Å². The Balaban J connectivity index is 1.60. The first kappa shape index (κ1) is 17.0. The van der Waals surface area contributed by atoms with Crippen molar-refractivity contribution in [3.8, 4) is 11.3 Å². The second kappa shape index (κ2) is 7.03. The summed E-state index contributed by atoms with van der Waals surface area (Å²) in [6.45, 7) is 5.23. The van der Waals surface area contributed by atoms with E-state index in [2.05, 4.69) is 20.5 Å². The molecule has 27 heavy (non-hydrogen) atoms. The highest BCUT2D eigenvalue weighted by Crippen LogP contribution is 2.21. The SMILES string of the molecule is CCn1ccc(CNC(=O)c2cnn3c(-c4ccc(C)cc4)ccnc23)n1. The smallest absolute Gasteiger partial charge is 0.257 e. The summed E-state index contributed by atoms with van der Waals surface area (Å²) in [6, 6.07) is 12.0. The van der Waals surface area contributed by atoms with Gasteiger partial charge in [0.1, 0.15) is 5.56 Å². The lowest BCUT2D eigenvalue weighted by atomic mass is 10.1. The zero-order chi connectivity index (χ0) is 18.8. The molecule has 1 amide bonds. The van der Waals surface area contributed by atoms with Crippen molar-refractivity contribution >= 4 is 11.6 Å². The van der Waals surface area contributed by atoms with Crippen LogP contribution in [0.2, 0.25) is 0 Å². The van der Waals surface area contributed by atoms with Gasteiger partial charge >= 0.3 is 0 Å². The molecule has 1 aromatic carbocycles. The highest BCUT2D eigenvalue weighted by molar-refractivity contribution is 5.99. The van der Waals surface area contributed by atoms with Gasteiger partial charge in [-0.1, -0.05) is 29.8 Å². The molecule has 3 aromatic heterocycles. The van der Waals surface area contributed by atoms with E-state index in [0.717, 1.165) is 23.5 Å². The summed E-state index contributed by atoms with van der Waals surface area (Å²) >= 11 is 0. The Morgan fingerprint density at radius 2 is 1.96 bits per heavy atom. The number of hydrogen-bond donors (Lipinski definition) is 1. The molecule has 0 spiro atoms. The van der Waals surface area contributed by atoms with Crippen LogP contribution in [-0.2, 0) is 13.1 Å². The summed E-state index contributed by atoms with van der Waals surface area (Å²) in [5.74, 6) is -0.218. The van der Waals surface area contributed by atoms with E-state index in [0.29, 0.717) is 17.8 Å². The fourth-order valence-electron chi connectivity index (χ4n) is 2.93. The zero-order valence-corrected chi connectivity index (χ0v) is 15.3. The molecule has 0 aliphatic rings. The maximum Gasteiger partial charge on any atom is 0.257 e. The van der Waals surface area contributed by atoms with Gasteiger partial charge in [0.05, 0.1) is 24.1 Å². The standard InChI is InChI=1S/C20H20N6O/c1-3-25-11-9-16(24-25)12-22-20(27)17-13-23-26-18(8-10-21-19(17)26)15-6-4-14(2)5-7-15/h4-11,13H,3,12H2,1-2H3,(H,22,27). The number of hydrogen-bond acceptors (Lipinski definition) is 4. The number of carbonyl (C=O) groups is 1. The number of fused-ring (bicyclic) bond motifs is 1. The number of benzene rings is 1. The number of aromatic nitrogens is 5. The van der Waals surface area contributed by atoms with Gasteiger partial charge in [-0.05, 0) is 26.0 Å². The molecule has 0 saturated heterocycles. The van der Waals surface area contributed by atoms with Crippen LogP contribution in [0.25, 0.3) is 16.9 Å². The largest absolute Gasteiger partial charge is 0.346 e. The zero-order valence-electron chi connectivity index (χ0n) is 15.3. The molecule has 0 aliphatic heterocycles. The van der Waals surface area contributed by atoms with Gasteiger partial charge in [0.15, 0.2) is 5.65 Å². The minimum absolute atomic E-state index is 0.218.